The highest BCUT2D eigenvalue weighted by Crippen LogP contribution is 2.06. The summed E-state index contributed by atoms with van der Waals surface area (Å²) in [6.07, 6.45) is 3.02. The van der Waals surface area contributed by atoms with Gasteiger partial charge in [-0.2, -0.15) is 5.10 Å². The molecule has 2 amide bonds. The zero-order valence-corrected chi connectivity index (χ0v) is 11.7. The number of aryl methyl sites for hydroxylation is 2. The molecule has 0 fully saturated rings. The molecule has 6 nitrogen and oxygen atoms in total. The number of aromatic nitrogens is 2. The van der Waals surface area contributed by atoms with Gasteiger partial charge in [-0.05, 0) is 12.0 Å². The average Bonchev–Trinajstić information content (AvgIpc) is 2.91. The minimum absolute atomic E-state index is 0.0843. The number of amides is 2. The molecule has 0 unspecified atom stereocenters. The number of carbonyl (C=O) groups excluding carboxylic acids is 2. The number of primary amides is 1. The molecule has 2 rings (SSSR count). The standard InChI is InChI=1S/C15H18N4O2/c16-13(20)8-10-19-11-9-14(18-19)17-15(21)7-6-12-4-2-1-3-5-12/h1-5,9,11H,6-8,10H2,(H2,16,20)(H,17,18,21). The summed E-state index contributed by atoms with van der Waals surface area (Å²) in [7, 11) is 0. The van der Waals surface area contributed by atoms with Gasteiger partial charge < -0.3 is 11.1 Å². The lowest BCUT2D eigenvalue weighted by Crippen LogP contribution is -2.15. The van der Waals surface area contributed by atoms with Crippen LogP contribution >= 0.6 is 0 Å². The van der Waals surface area contributed by atoms with E-state index < -0.39 is 0 Å². The van der Waals surface area contributed by atoms with Gasteiger partial charge in [-0.25, -0.2) is 0 Å². The zero-order chi connectivity index (χ0) is 15.1. The van der Waals surface area contributed by atoms with Crippen molar-refractivity contribution in [3.05, 3.63) is 48.2 Å². The van der Waals surface area contributed by atoms with Crippen LogP contribution in [0.3, 0.4) is 0 Å². The van der Waals surface area contributed by atoms with Crippen LogP contribution in [0.1, 0.15) is 18.4 Å². The molecule has 0 bridgehead atoms. The summed E-state index contributed by atoms with van der Waals surface area (Å²) in [6, 6.07) is 11.5. The van der Waals surface area contributed by atoms with Crippen LogP contribution in [0.25, 0.3) is 0 Å². The van der Waals surface area contributed by atoms with Crippen molar-refractivity contribution in [1.82, 2.24) is 9.78 Å². The molecule has 0 saturated carbocycles. The van der Waals surface area contributed by atoms with E-state index in [1.807, 2.05) is 30.3 Å². The maximum atomic E-state index is 11.8. The van der Waals surface area contributed by atoms with E-state index in [1.165, 1.54) is 0 Å². The molecule has 2 aromatic rings. The van der Waals surface area contributed by atoms with Crippen LogP contribution in [-0.4, -0.2) is 21.6 Å². The number of benzene rings is 1. The number of hydrogen-bond donors (Lipinski definition) is 2. The Labute approximate surface area is 122 Å². The lowest BCUT2D eigenvalue weighted by Gasteiger charge is -2.03. The van der Waals surface area contributed by atoms with Gasteiger partial charge in [0.15, 0.2) is 5.82 Å². The Morgan fingerprint density at radius 1 is 1.14 bits per heavy atom. The molecule has 21 heavy (non-hydrogen) atoms. The second-order valence-corrected chi connectivity index (χ2v) is 4.71. The van der Waals surface area contributed by atoms with E-state index in [-0.39, 0.29) is 18.2 Å². The Kier molecular flexibility index (Phi) is 5.09. The van der Waals surface area contributed by atoms with Crippen LogP contribution in [0.2, 0.25) is 0 Å². The van der Waals surface area contributed by atoms with Crippen molar-refractivity contribution in [2.45, 2.75) is 25.8 Å². The SMILES string of the molecule is NC(=O)CCn1ccc(NC(=O)CCc2ccccc2)n1. The molecule has 0 spiro atoms. The van der Waals surface area contributed by atoms with Gasteiger partial charge in [0.2, 0.25) is 11.8 Å². The predicted molar refractivity (Wildman–Crippen MR) is 79.4 cm³/mol. The molecule has 0 atom stereocenters. The fourth-order valence-electron chi connectivity index (χ4n) is 1.89. The Morgan fingerprint density at radius 2 is 1.90 bits per heavy atom. The number of nitrogens with two attached hydrogens (primary N) is 1. The molecule has 3 N–H and O–H groups in total. The van der Waals surface area contributed by atoms with Crippen LogP contribution in [0.15, 0.2) is 42.6 Å². The van der Waals surface area contributed by atoms with Crippen molar-refractivity contribution in [2.24, 2.45) is 5.73 Å². The molecule has 1 aromatic carbocycles. The van der Waals surface area contributed by atoms with Crippen molar-refractivity contribution < 1.29 is 9.59 Å². The van der Waals surface area contributed by atoms with E-state index in [1.54, 1.807) is 16.9 Å². The quantitative estimate of drug-likeness (QED) is 0.804. The lowest BCUT2D eigenvalue weighted by atomic mass is 10.1. The number of anilines is 1. The maximum Gasteiger partial charge on any atom is 0.225 e. The summed E-state index contributed by atoms with van der Waals surface area (Å²) in [4.78, 5) is 22.5. The van der Waals surface area contributed by atoms with Gasteiger partial charge in [-0.15, -0.1) is 0 Å². The zero-order valence-electron chi connectivity index (χ0n) is 11.7. The van der Waals surface area contributed by atoms with Gasteiger partial charge >= 0.3 is 0 Å². The van der Waals surface area contributed by atoms with Crippen molar-refractivity contribution in [1.29, 1.82) is 0 Å². The minimum Gasteiger partial charge on any atom is -0.370 e. The summed E-state index contributed by atoms with van der Waals surface area (Å²) in [6.45, 7) is 0.412. The number of nitrogens with zero attached hydrogens (tertiary/aromatic N) is 2. The van der Waals surface area contributed by atoms with Gasteiger partial charge in [0, 0.05) is 31.6 Å². The first-order chi connectivity index (χ1) is 10.1. The fraction of sp³-hybridized carbons (Fsp3) is 0.267. The van der Waals surface area contributed by atoms with Crippen LogP contribution in [0.5, 0.6) is 0 Å². The summed E-state index contributed by atoms with van der Waals surface area (Å²) >= 11 is 0. The molecular formula is C15H18N4O2. The Hall–Kier alpha value is -2.63. The third-order valence-electron chi connectivity index (χ3n) is 2.98. The van der Waals surface area contributed by atoms with E-state index in [2.05, 4.69) is 10.4 Å². The molecule has 0 aliphatic carbocycles. The molecule has 110 valence electrons. The van der Waals surface area contributed by atoms with Gasteiger partial charge in [0.1, 0.15) is 0 Å². The van der Waals surface area contributed by atoms with E-state index in [0.29, 0.717) is 25.2 Å². The fourth-order valence-corrected chi connectivity index (χ4v) is 1.89. The molecule has 0 saturated heterocycles. The van der Waals surface area contributed by atoms with Gasteiger partial charge in [-0.3, -0.25) is 14.3 Å². The number of hydrogen-bond acceptors (Lipinski definition) is 3. The minimum atomic E-state index is -0.376. The molecule has 0 radical (unpaired) electrons. The molecule has 0 aliphatic heterocycles. The Bertz CT molecular complexity index is 607. The summed E-state index contributed by atoms with van der Waals surface area (Å²) < 4.78 is 1.58. The largest absolute Gasteiger partial charge is 0.370 e. The first-order valence-electron chi connectivity index (χ1n) is 6.79. The van der Waals surface area contributed by atoms with Crippen LogP contribution in [0.4, 0.5) is 5.82 Å². The summed E-state index contributed by atoms with van der Waals surface area (Å²) in [5.74, 6) is 0.0236. The third kappa shape index (κ3) is 5.10. The van der Waals surface area contributed by atoms with E-state index >= 15 is 0 Å². The first kappa shape index (κ1) is 14.8. The van der Waals surface area contributed by atoms with Crippen LogP contribution < -0.4 is 11.1 Å². The molecule has 1 aromatic heterocycles. The van der Waals surface area contributed by atoms with Crippen molar-refractivity contribution in [2.75, 3.05) is 5.32 Å². The Balaban J connectivity index is 1.78. The van der Waals surface area contributed by atoms with Gasteiger partial charge in [-0.1, -0.05) is 30.3 Å². The van der Waals surface area contributed by atoms with Gasteiger partial charge in [0.25, 0.3) is 0 Å². The average molecular weight is 286 g/mol. The Morgan fingerprint density at radius 3 is 2.62 bits per heavy atom. The lowest BCUT2D eigenvalue weighted by molar-refractivity contribution is -0.118. The number of carbonyl (C=O) groups is 2. The topological polar surface area (TPSA) is 90.0 Å². The van der Waals surface area contributed by atoms with E-state index in [9.17, 15) is 9.59 Å². The molecule has 6 heteroatoms. The third-order valence-corrected chi connectivity index (χ3v) is 2.98. The van der Waals surface area contributed by atoms with Gasteiger partial charge in [0.05, 0.1) is 0 Å². The highest BCUT2D eigenvalue weighted by atomic mass is 16.2. The van der Waals surface area contributed by atoms with Crippen LogP contribution in [0, 0.1) is 0 Å². The van der Waals surface area contributed by atoms with Crippen LogP contribution in [-0.2, 0) is 22.6 Å². The first-order valence-corrected chi connectivity index (χ1v) is 6.79. The number of rotatable bonds is 7. The number of nitrogens with one attached hydrogen (secondary N) is 1. The maximum absolute atomic E-state index is 11.8. The second-order valence-electron chi connectivity index (χ2n) is 4.71. The van der Waals surface area contributed by atoms with Crippen molar-refractivity contribution in [3.63, 3.8) is 0 Å². The summed E-state index contributed by atoms with van der Waals surface area (Å²) in [5.41, 5.74) is 6.20. The highest BCUT2D eigenvalue weighted by Gasteiger charge is 2.06. The normalized spacial score (nSPS) is 10.3. The van der Waals surface area contributed by atoms with E-state index in [0.717, 1.165) is 5.56 Å². The highest BCUT2D eigenvalue weighted by molar-refractivity contribution is 5.89. The van der Waals surface area contributed by atoms with E-state index in [4.69, 9.17) is 5.73 Å². The van der Waals surface area contributed by atoms with Crippen molar-refractivity contribution >= 4 is 17.6 Å². The predicted octanol–water partition coefficient (Wildman–Crippen LogP) is 1.33. The molecule has 1 heterocycles. The smallest absolute Gasteiger partial charge is 0.225 e. The monoisotopic (exact) mass is 286 g/mol. The van der Waals surface area contributed by atoms with Crippen molar-refractivity contribution in [3.8, 4) is 0 Å². The second kappa shape index (κ2) is 7.23. The summed E-state index contributed by atoms with van der Waals surface area (Å²) in [5, 5.41) is 6.89. The molecular weight excluding hydrogens is 268 g/mol. The molecule has 0 aliphatic rings.